The third-order valence-electron chi connectivity index (χ3n) is 5.19. The third kappa shape index (κ3) is 3.56. The summed E-state index contributed by atoms with van der Waals surface area (Å²) in [5.74, 6) is 0.824. The fourth-order valence-electron chi connectivity index (χ4n) is 3.54. The summed E-state index contributed by atoms with van der Waals surface area (Å²) >= 11 is 0. The van der Waals surface area contributed by atoms with Gasteiger partial charge >= 0.3 is 0 Å². The van der Waals surface area contributed by atoms with Gasteiger partial charge in [-0.3, -0.25) is 4.98 Å². The standard InChI is InChI=1S/C21H19N7O2S/c22-20-19(21-26-16-5-1-2-6-17(16)27-21)25-18(13-24-20)14-7-10-28(11-8-14)31(29,30)15-4-3-9-23-12-15/h1-7,9,12-13H,8,10-11H2,(H2,22,24)(H,26,27). The summed E-state index contributed by atoms with van der Waals surface area (Å²) in [6.07, 6.45) is 6.89. The van der Waals surface area contributed by atoms with Gasteiger partial charge in [-0.2, -0.15) is 4.31 Å². The van der Waals surface area contributed by atoms with E-state index in [-0.39, 0.29) is 17.3 Å². The lowest BCUT2D eigenvalue weighted by molar-refractivity contribution is 0.440. The molecule has 0 atom stereocenters. The number of anilines is 1. The van der Waals surface area contributed by atoms with E-state index < -0.39 is 10.0 Å². The lowest BCUT2D eigenvalue weighted by atomic mass is 10.1. The zero-order valence-electron chi connectivity index (χ0n) is 16.4. The van der Waals surface area contributed by atoms with Gasteiger partial charge in [0.2, 0.25) is 10.0 Å². The Bertz CT molecular complexity index is 1360. The van der Waals surface area contributed by atoms with Crippen LogP contribution in [0.25, 0.3) is 28.1 Å². The predicted molar refractivity (Wildman–Crippen MR) is 117 cm³/mol. The van der Waals surface area contributed by atoms with Gasteiger partial charge in [-0.15, -0.1) is 0 Å². The second kappa shape index (κ2) is 7.56. The van der Waals surface area contributed by atoms with Crippen LogP contribution in [-0.4, -0.2) is 50.7 Å². The van der Waals surface area contributed by atoms with Crippen LogP contribution < -0.4 is 5.73 Å². The molecular formula is C21H19N7O2S. The van der Waals surface area contributed by atoms with Crippen LogP contribution >= 0.6 is 0 Å². The minimum atomic E-state index is -3.59. The number of hydrogen-bond donors (Lipinski definition) is 2. The molecule has 4 heterocycles. The van der Waals surface area contributed by atoms with Crippen LogP contribution in [-0.2, 0) is 10.0 Å². The van der Waals surface area contributed by atoms with E-state index in [1.807, 2.05) is 30.3 Å². The molecule has 0 spiro atoms. The van der Waals surface area contributed by atoms with E-state index in [9.17, 15) is 8.42 Å². The number of benzene rings is 1. The first-order valence-electron chi connectivity index (χ1n) is 9.69. The molecule has 0 saturated carbocycles. The molecule has 9 nitrogen and oxygen atoms in total. The number of hydrogen-bond acceptors (Lipinski definition) is 7. The number of aromatic amines is 1. The maximum Gasteiger partial charge on any atom is 0.244 e. The highest BCUT2D eigenvalue weighted by Crippen LogP contribution is 2.28. The molecule has 0 saturated heterocycles. The maximum absolute atomic E-state index is 12.8. The van der Waals surface area contributed by atoms with Crippen LogP contribution in [0, 0.1) is 0 Å². The van der Waals surface area contributed by atoms with Crippen molar-refractivity contribution in [1.29, 1.82) is 0 Å². The molecule has 4 aromatic rings. The fraction of sp³-hybridized carbons (Fsp3) is 0.143. The van der Waals surface area contributed by atoms with Crippen molar-refractivity contribution in [2.75, 3.05) is 18.8 Å². The molecule has 5 rings (SSSR count). The number of nitrogens with zero attached hydrogens (tertiary/aromatic N) is 5. The van der Waals surface area contributed by atoms with Crippen molar-refractivity contribution in [3.8, 4) is 11.5 Å². The van der Waals surface area contributed by atoms with Gasteiger partial charge in [0, 0.05) is 25.5 Å². The number of nitrogens with one attached hydrogen (secondary N) is 1. The third-order valence-corrected chi connectivity index (χ3v) is 7.04. The second-order valence-corrected chi connectivity index (χ2v) is 9.06. The van der Waals surface area contributed by atoms with Crippen molar-refractivity contribution in [3.05, 3.63) is 66.8 Å². The van der Waals surface area contributed by atoms with Gasteiger partial charge in [-0.25, -0.2) is 23.4 Å². The molecule has 3 aromatic heterocycles. The number of imidazole rings is 1. The first-order chi connectivity index (χ1) is 15.0. The zero-order chi connectivity index (χ0) is 21.4. The van der Waals surface area contributed by atoms with Crippen LogP contribution in [0.15, 0.2) is 66.0 Å². The molecule has 10 heteroatoms. The molecular weight excluding hydrogens is 414 g/mol. The quantitative estimate of drug-likeness (QED) is 0.505. The Hall–Kier alpha value is -3.63. The second-order valence-electron chi connectivity index (χ2n) is 7.12. The Morgan fingerprint density at radius 3 is 2.68 bits per heavy atom. The number of fused-ring (bicyclic) bond motifs is 1. The van der Waals surface area contributed by atoms with Gasteiger partial charge in [0.1, 0.15) is 10.6 Å². The lowest BCUT2D eigenvalue weighted by Gasteiger charge is -2.25. The minimum absolute atomic E-state index is 0.186. The average molecular weight is 433 g/mol. The Labute approximate surface area is 178 Å². The maximum atomic E-state index is 12.8. The van der Waals surface area contributed by atoms with Gasteiger partial charge in [-0.1, -0.05) is 18.2 Å². The summed E-state index contributed by atoms with van der Waals surface area (Å²) in [4.78, 5) is 20.8. The van der Waals surface area contributed by atoms with E-state index in [2.05, 4.69) is 24.9 Å². The Morgan fingerprint density at radius 1 is 1.06 bits per heavy atom. The lowest BCUT2D eigenvalue weighted by Crippen LogP contribution is -2.34. The number of para-hydroxylation sites is 2. The van der Waals surface area contributed by atoms with E-state index in [1.54, 1.807) is 24.5 Å². The van der Waals surface area contributed by atoms with Gasteiger partial charge in [-0.05, 0) is 36.3 Å². The zero-order valence-corrected chi connectivity index (χ0v) is 17.2. The molecule has 1 aliphatic heterocycles. The van der Waals surface area contributed by atoms with E-state index in [1.165, 1.54) is 10.5 Å². The monoisotopic (exact) mass is 433 g/mol. The van der Waals surface area contributed by atoms with Crippen molar-refractivity contribution >= 4 is 32.4 Å². The summed E-state index contributed by atoms with van der Waals surface area (Å²) in [6, 6.07) is 10.8. The van der Waals surface area contributed by atoms with Crippen molar-refractivity contribution < 1.29 is 8.42 Å². The normalized spacial score (nSPS) is 15.2. The molecule has 156 valence electrons. The van der Waals surface area contributed by atoms with E-state index in [0.29, 0.717) is 30.2 Å². The largest absolute Gasteiger partial charge is 0.382 e. The molecule has 0 radical (unpaired) electrons. The summed E-state index contributed by atoms with van der Waals surface area (Å²) in [5, 5.41) is 0. The van der Waals surface area contributed by atoms with Crippen LogP contribution in [0.4, 0.5) is 5.82 Å². The first-order valence-corrected chi connectivity index (χ1v) is 11.1. The summed E-state index contributed by atoms with van der Waals surface area (Å²) in [6.45, 7) is 0.591. The smallest absolute Gasteiger partial charge is 0.244 e. The first kappa shape index (κ1) is 19.3. The molecule has 0 amide bonds. The highest BCUT2D eigenvalue weighted by Gasteiger charge is 2.27. The molecule has 0 fully saturated rings. The number of nitrogen functional groups attached to an aromatic ring is 1. The molecule has 1 aromatic carbocycles. The van der Waals surface area contributed by atoms with Crippen molar-refractivity contribution in [2.45, 2.75) is 11.3 Å². The number of nitrogens with two attached hydrogens (primary N) is 1. The predicted octanol–water partition coefficient (Wildman–Crippen LogP) is 2.48. The number of aromatic nitrogens is 5. The van der Waals surface area contributed by atoms with Gasteiger partial charge in [0.25, 0.3) is 0 Å². The highest BCUT2D eigenvalue weighted by atomic mass is 32.2. The van der Waals surface area contributed by atoms with Crippen molar-refractivity contribution in [2.24, 2.45) is 0 Å². The number of pyridine rings is 1. The molecule has 31 heavy (non-hydrogen) atoms. The van der Waals surface area contributed by atoms with Crippen LogP contribution in [0.5, 0.6) is 0 Å². The Balaban J connectivity index is 1.43. The minimum Gasteiger partial charge on any atom is -0.382 e. The van der Waals surface area contributed by atoms with Gasteiger partial charge in [0.15, 0.2) is 11.6 Å². The summed E-state index contributed by atoms with van der Waals surface area (Å²) in [5.41, 5.74) is 9.82. The average Bonchev–Trinajstić information content (AvgIpc) is 3.24. The van der Waals surface area contributed by atoms with Gasteiger partial charge in [0.05, 0.1) is 22.9 Å². The molecule has 0 bridgehead atoms. The molecule has 0 aliphatic carbocycles. The summed E-state index contributed by atoms with van der Waals surface area (Å²) < 4.78 is 27.0. The number of sulfonamides is 1. The van der Waals surface area contributed by atoms with E-state index in [4.69, 9.17) is 5.73 Å². The van der Waals surface area contributed by atoms with Crippen LogP contribution in [0.1, 0.15) is 12.1 Å². The number of rotatable bonds is 4. The SMILES string of the molecule is Nc1ncc(C2=CCN(S(=O)(=O)c3cccnc3)CC2)nc1-c1nc2ccccc2[nH]1. The van der Waals surface area contributed by atoms with Crippen molar-refractivity contribution in [3.63, 3.8) is 0 Å². The summed E-state index contributed by atoms with van der Waals surface area (Å²) in [7, 11) is -3.59. The molecule has 1 aliphatic rings. The topological polar surface area (TPSA) is 131 Å². The van der Waals surface area contributed by atoms with Crippen molar-refractivity contribution in [1.82, 2.24) is 29.2 Å². The number of H-pyrrole nitrogens is 1. The molecule has 0 unspecified atom stereocenters. The van der Waals surface area contributed by atoms with E-state index in [0.717, 1.165) is 16.6 Å². The van der Waals surface area contributed by atoms with E-state index >= 15 is 0 Å². The Kier molecular flexibility index (Phi) is 4.72. The fourth-order valence-corrected chi connectivity index (χ4v) is 4.89. The van der Waals surface area contributed by atoms with Gasteiger partial charge < -0.3 is 10.7 Å². The van der Waals surface area contributed by atoms with Crippen LogP contribution in [0.3, 0.4) is 0 Å². The highest BCUT2D eigenvalue weighted by molar-refractivity contribution is 7.89. The van der Waals surface area contributed by atoms with Crippen LogP contribution in [0.2, 0.25) is 0 Å². The Morgan fingerprint density at radius 2 is 1.94 bits per heavy atom. The molecule has 3 N–H and O–H groups in total.